The second kappa shape index (κ2) is 30.2. The molecule has 0 saturated heterocycles. The lowest BCUT2D eigenvalue weighted by Gasteiger charge is -2.34. The summed E-state index contributed by atoms with van der Waals surface area (Å²) in [6.45, 7) is 8.18. The molecule has 1 heterocycles. The summed E-state index contributed by atoms with van der Waals surface area (Å²) in [5.74, 6) is 0. The van der Waals surface area contributed by atoms with Crippen molar-refractivity contribution in [2.75, 3.05) is 0 Å². The molecule has 0 saturated carbocycles. The van der Waals surface area contributed by atoms with Gasteiger partial charge < -0.3 is 0 Å². The highest BCUT2D eigenvalue weighted by Gasteiger charge is 2.30. The van der Waals surface area contributed by atoms with Gasteiger partial charge in [0, 0.05) is 18.6 Å². The highest BCUT2D eigenvalue weighted by molar-refractivity contribution is 4.84. The second-order valence-corrected chi connectivity index (χ2v) is 14.1. The molecule has 1 nitrogen and oxygen atoms in total. The van der Waals surface area contributed by atoms with Crippen LogP contribution in [-0.4, -0.2) is 0 Å². The average Bonchev–Trinajstić information content (AvgIpc) is 3.02. The highest BCUT2D eigenvalue weighted by atomic mass is 14.9. The van der Waals surface area contributed by atoms with Gasteiger partial charge in [-0.15, -0.1) is 0 Å². The van der Waals surface area contributed by atoms with Gasteiger partial charge in [0.2, 0.25) is 0 Å². The monoisotopic (exact) mass is 585 g/mol. The van der Waals surface area contributed by atoms with Gasteiger partial charge in [-0.3, -0.25) is 0 Å². The van der Waals surface area contributed by atoms with Crippen molar-refractivity contribution in [1.29, 1.82) is 0 Å². The van der Waals surface area contributed by atoms with Crippen molar-refractivity contribution in [3.05, 3.63) is 30.6 Å². The zero-order valence-corrected chi connectivity index (χ0v) is 29.5. The van der Waals surface area contributed by atoms with Gasteiger partial charge in [-0.25, -0.2) is 4.57 Å². The molecule has 246 valence electrons. The Bertz CT molecular complexity index is 618. The Morgan fingerprint density at radius 3 is 0.929 bits per heavy atom. The first-order chi connectivity index (χ1) is 20.8. The second-order valence-electron chi connectivity index (χ2n) is 14.1. The first-order valence-electron chi connectivity index (χ1n) is 19.7. The van der Waals surface area contributed by atoms with Gasteiger partial charge in [0.15, 0.2) is 12.4 Å². The lowest BCUT2D eigenvalue weighted by atomic mass is 9.71. The van der Waals surface area contributed by atoms with Gasteiger partial charge in [0.05, 0.1) is 0 Å². The Hall–Kier alpha value is -0.850. The van der Waals surface area contributed by atoms with E-state index in [0.717, 1.165) is 0 Å². The predicted molar refractivity (Wildman–Crippen MR) is 189 cm³/mol. The maximum atomic E-state index is 2.46. The quantitative estimate of drug-likeness (QED) is 0.0571. The lowest BCUT2D eigenvalue weighted by Crippen LogP contribution is -2.36. The molecule has 0 aliphatic rings. The van der Waals surface area contributed by atoms with Gasteiger partial charge >= 0.3 is 0 Å². The van der Waals surface area contributed by atoms with Crippen LogP contribution in [0.1, 0.15) is 220 Å². The molecule has 1 aromatic heterocycles. The Morgan fingerprint density at radius 1 is 0.333 bits per heavy atom. The van der Waals surface area contributed by atoms with Gasteiger partial charge in [0.25, 0.3) is 0 Å². The summed E-state index contributed by atoms with van der Waals surface area (Å²) in [4.78, 5) is 0. The zero-order chi connectivity index (χ0) is 30.2. The first-order valence-corrected chi connectivity index (χ1v) is 19.7. The number of pyridine rings is 1. The van der Waals surface area contributed by atoms with Crippen LogP contribution in [0.2, 0.25) is 0 Å². The zero-order valence-electron chi connectivity index (χ0n) is 29.5. The molecule has 1 rings (SSSR count). The van der Waals surface area contributed by atoms with E-state index in [4.69, 9.17) is 0 Å². The minimum absolute atomic E-state index is 0.562. The molecule has 0 aromatic carbocycles. The largest absolute Gasteiger partial charge is 0.205 e. The fraction of sp³-hybridized carbons (Fsp3) is 0.878. The molecule has 0 bridgehead atoms. The number of aromatic nitrogens is 1. The Labute approximate surface area is 266 Å². The molecule has 0 fully saturated rings. The van der Waals surface area contributed by atoms with Crippen LogP contribution in [0.4, 0.5) is 0 Å². The molecule has 0 N–H and O–H groups in total. The summed E-state index contributed by atoms with van der Waals surface area (Å²) in [6.07, 6.45) is 49.5. The topological polar surface area (TPSA) is 3.88 Å². The van der Waals surface area contributed by atoms with Crippen LogP contribution in [0.15, 0.2) is 30.6 Å². The fourth-order valence-electron chi connectivity index (χ4n) is 7.13. The average molecular weight is 585 g/mol. The molecule has 0 unspecified atom stereocenters. The van der Waals surface area contributed by atoms with Crippen LogP contribution in [0.25, 0.3) is 0 Å². The van der Waals surface area contributed by atoms with Crippen molar-refractivity contribution >= 4 is 0 Å². The van der Waals surface area contributed by atoms with Gasteiger partial charge in [-0.1, -0.05) is 200 Å². The molecule has 1 heteroatoms. The molecule has 0 spiro atoms. The minimum atomic E-state index is 0.562. The van der Waals surface area contributed by atoms with Crippen LogP contribution in [-0.2, 0) is 6.54 Å². The number of rotatable bonds is 33. The van der Waals surface area contributed by atoms with E-state index < -0.39 is 0 Å². The minimum Gasteiger partial charge on any atom is -0.205 e. The molecule has 0 aliphatic carbocycles. The number of hydrogen-bond donors (Lipinski definition) is 0. The maximum Gasteiger partial charge on any atom is 0.168 e. The van der Waals surface area contributed by atoms with Gasteiger partial charge in [-0.05, 0) is 24.7 Å². The van der Waals surface area contributed by atoms with Crippen molar-refractivity contribution in [1.82, 2.24) is 0 Å². The number of nitrogens with zero attached hydrogens (tertiary/aromatic N) is 1. The molecular formula is C41H78N+. The third kappa shape index (κ3) is 23.6. The third-order valence-electron chi connectivity index (χ3n) is 10.1. The van der Waals surface area contributed by atoms with E-state index in [1.54, 1.807) is 0 Å². The number of aryl methyl sites for hydroxylation is 1. The Balaban J connectivity index is 2.59. The van der Waals surface area contributed by atoms with Crippen molar-refractivity contribution < 1.29 is 4.57 Å². The van der Waals surface area contributed by atoms with Crippen molar-refractivity contribution in [3.63, 3.8) is 0 Å². The molecular weight excluding hydrogens is 506 g/mol. The fourth-order valence-corrected chi connectivity index (χ4v) is 7.13. The standard InChI is InChI=1S/C41H78N/c1-4-7-10-13-16-19-20-21-24-27-31-36-41(37-40-42-38-32-28-33-39-42,34-29-25-22-17-14-11-8-5-2)35-30-26-23-18-15-12-9-6-3/h28,32-33,38-39H,4-27,29-31,34-37,40H2,1-3H3/q+1. The molecule has 0 amide bonds. The Morgan fingerprint density at radius 2 is 0.619 bits per heavy atom. The highest BCUT2D eigenvalue weighted by Crippen LogP contribution is 2.41. The number of hydrogen-bond acceptors (Lipinski definition) is 0. The van der Waals surface area contributed by atoms with Gasteiger partial charge in [-0.2, -0.15) is 0 Å². The van der Waals surface area contributed by atoms with E-state index in [1.807, 2.05) is 0 Å². The normalized spacial score (nSPS) is 11.9. The van der Waals surface area contributed by atoms with Crippen LogP contribution in [0, 0.1) is 5.41 Å². The molecule has 1 aromatic rings. The van der Waals surface area contributed by atoms with Crippen LogP contribution in [0.3, 0.4) is 0 Å². The van der Waals surface area contributed by atoms with Crippen LogP contribution in [0.5, 0.6) is 0 Å². The molecule has 0 atom stereocenters. The summed E-state index contributed by atoms with van der Waals surface area (Å²) in [5, 5.41) is 0. The Kier molecular flexibility index (Phi) is 28.2. The summed E-state index contributed by atoms with van der Waals surface area (Å²) in [6, 6.07) is 6.58. The van der Waals surface area contributed by atoms with Crippen molar-refractivity contribution in [3.8, 4) is 0 Å². The van der Waals surface area contributed by atoms with E-state index in [0.29, 0.717) is 5.41 Å². The smallest absolute Gasteiger partial charge is 0.168 e. The van der Waals surface area contributed by atoms with E-state index >= 15 is 0 Å². The summed E-state index contributed by atoms with van der Waals surface area (Å²) >= 11 is 0. The third-order valence-corrected chi connectivity index (χ3v) is 10.1. The summed E-state index contributed by atoms with van der Waals surface area (Å²) < 4.78 is 2.46. The van der Waals surface area contributed by atoms with E-state index in [9.17, 15) is 0 Å². The van der Waals surface area contributed by atoms with E-state index in [2.05, 4.69) is 55.9 Å². The van der Waals surface area contributed by atoms with Crippen molar-refractivity contribution in [2.24, 2.45) is 5.41 Å². The summed E-state index contributed by atoms with van der Waals surface area (Å²) in [5.41, 5.74) is 0.562. The van der Waals surface area contributed by atoms with E-state index in [1.165, 1.54) is 206 Å². The van der Waals surface area contributed by atoms with Crippen LogP contribution >= 0.6 is 0 Å². The predicted octanol–water partition coefficient (Wildman–Crippen LogP) is 14.1. The van der Waals surface area contributed by atoms with Gasteiger partial charge in [0.1, 0.15) is 6.54 Å². The SMILES string of the molecule is CCCCCCCCCCCCCC(CCCCCCCCCC)(CCCCCCCCCC)CC[n+]1ccccc1. The lowest BCUT2D eigenvalue weighted by molar-refractivity contribution is -0.699. The summed E-state index contributed by atoms with van der Waals surface area (Å²) in [7, 11) is 0. The molecule has 0 radical (unpaired) electrons. The maximum absolute atomic E-state index is 2.46. The molecule has 42 heavy (non-hydrogen) atoms. The number of unbranched alkanes of at least 4 members (excludes halogenated alkanes) is 24. The van der Waals surface area contributed by atoms with Crippen LogP contribution < -0.4 is 4.57 Å². The molecule has 0 aliphatic heterocycles. The van der Waals surface area contributed by atoms with E-state index in [-0.39, 0.29) is 0 Å². The first kappa shape index (κ1) is 39.2. The van der Waals surface area contributed by atoms with Crippen molar-refractivity contribution in [2.45, 2.75) is 226 Å².